The van der Waals surface area contributed by atoms with E-state index < -0.39 is 0 Å². The second-order valence-electron chi connectivity index (χ2n) is 7.32. The van der Waals surface area contributed by atoms with E-state index >= 15 is 0 Å². The van der Waals surface area contributed by atoms with Crippen LogP contribution in [0, 0.1) is 5.92 Å². The van der Waals surface area contributed by atoms with Gasteiger partial charge in [-0.15, -0.1) is 0 Å². The Morgan fingerprint density at radius 3 is 2.54 bits per heavy atom. The number of nitrogens with one attached hydrogen (secondary N) is 2. The van der Waals surface area contributed by atoms with Gasteiger partial charge in [0, 0.05) is 38.5 Å². The summed E-state index contributed by atoms with van der Waals surface area (Å²) >= 11 is 0. The first-order valence-corrected chi connectivity index (χ1v) is 9.84. The topological polar surface area (TPSA) is 99.2 Å². The zero-order valence-corrected chi connectivity index (χ0v) is 16.4. The van der Waals surface area contributed by atoms with Gasteiger partial charge in [-0.2, -0.15) is 15.0 Å². The van der Waals surface area contributed by atoms with E-state index in [0.29, 0.717) is 23.5 Å². The van der Waals surface area contributed by atoms with E-state index in [1.807, 2.05) is 19.1 Å². The van der Waals surface area contributed by atoms with Crippen LogP contribution in [0.4, 0.5) is 23.5 Å². The minimum Gasteiger partial charge on any atom is -0.338 e. The summed E-state index contributed by atoms with van der Waals surface area (Å²) in [7, 11) is 2.12. The molecule has 0 atom stereocenters. The van der Waals surface area contributed by atoms with E-state index in [9.17, 15) is 4.79 Å². The Hall–Kier alpha value is -2.81. The number of aromatic nitrogens is 4. The zero-order valence-electron chi connectivity index (χ0n) is 16.4. The number of anilines is 4. The molecule has 9 heteroatoms. The highest BCUT2D eigenvalue weighted by atomic mass is 16.2. The quantitative estimate of drug-likeness (QED) is 0.778. The summed E-state index contributed by atoms with van der Waals surface area (Å²) in [5.41, 5.74) is 0. The van der Waals surface area contributed by atoms with Crippen molar-refractivity contribution in [3.8, 4) is 0 Å². The Morgan fingerprint density at radius 1 is 1.07 bits per heavy atom. The Balaban J connectivity index is 1.50. The zero-order chi connectivity index (χ0) is 19.5. The van der Waals surface area contributed by atoms with Gasteiger partial charge in [-0.25, -0.2) is 4.98 Å². The maximum atomic E-state index is 12.0. The van der Waals surface area contributed by atoms with Crippen LogP contribution in [0.25, 0.3) is 0 Å². The van der Waals surface area contributed by atoms with Crippen LogP contribution >= 0.6 is 0 Å². The number of likely N-dealkylation sites (N-methyl/N-ethyl adjacent to an activating group) is 1. The van der Waals surface area contributed by atoms with Gasteiger partial charge in [0.05, 0.1) is 0 Å². The van der Waals surface area contributed by atoms with Crippen molar-refractivity contribution in [1.29, 1.82) is 0 Å². The second kappa shape index (κ2) is 8.05. The largest absolute Gasteiger partial charge is 0.338 e. The van der Waals surface area contributed by atoms with E-state index in [0.717, 1.165) is 51.3 Å². The highest BCUT2D eigenvalue weighted by Crippen LogP contribution is 2.30. The lowest BCUT2D eigenvalue weighted by Gasteiger charge is -2.32. The molecule has 9 nitrogen and oxygen atoms in total. The van der Waals surface area contributed by atoms with Crippen LogP contribution in [-0.2, 0) is 11.2 Å². The molecule has 148 valence electrons. The summed E-state index contributed by atoms with van der Waals surface area (Å²) in [6, 6.07) is 5.46. The molecule has 0 radical (unpaired) electrons. The van der Waals surface area contributed by atoms with Gasteiger partial charge in [-0.3, -0.25) is 4.79 Å². The first-order chi connectivity index (χ1) is 13.6. The van der Waals surface area contributed by atoms with Gasteiger partial charge >= 0.3 is 0 Å². The molecule has 2 aromatic rings. The number of rotatable bonds is 6. The van der Waals surface area contributed by atoms with Crippen molar-refractivity contribution in [3.05, 3.63) is 24.0 Å². The lowest BCUT2D eigenvalue weighted by atomic mass is 10.3. The third-order valence-corrected chi connectivity index (χ3v) is 4.96. The molecule has 0 spiro atoms. The van der Waals surface area contributed by atoms with Crippen molar-refractivity contribution in [2.24, 2.45) is 5.92 Å². The highest BCUT2D eigenvalue weighted by Gasteiger charge is 2.29. The van der Waals surface area contributed by atoms with Crippen LogP contribution < -0.4 is 15.5 Å². The lowest BCUT2D eigenvalue weighted by molar-refractivity contribution is -0.117. The molecule has 28 heavy (non-hydrogen) atoms. The molecule has 1 aliphatic heterocycles. The summed E-state index contributed by atoms with van der Waals surface area (Å²) in [6.45, 7) is 5.79. The third-order valence-electron chi connectivity index (χ3n) is 4.96. The highest BCUT2D eigenvalue weighted by molar-refractivity contribution is 5.93. The van der Waals surface area contributed by atoms with Gasteiger partial charge in [-0.05, 0) is 32.0 Å². The second-order valence-corrected chi connectivity index (χ2v) is 7.32. The first kappa shape index (κ1) is 18.5. The van der Waals surface area contributed by atoms with Gasteiger partial charge < -0.3 is 20.4 Å². The first-order valence-electron chi connectivity index (χ1n) is 9.84. The fourth-order valence-corrected chi connectivity index (χ4v) is 3.03. The van der Waals surface area contributed by atoms with Crippen LogP contribution in [0.15, 0.2) is 18.2 Å². The van der Waals surface area contributed by atoms with Gasteiger partial charge in [0.1, 0.15) is 17.5 Å². The molecule has 0 aromatic carbocycles. The number of amides is 1. The van der Waals surface area contributed by atoms with E-state index in [1.54, 1.807) is 6.07 Å². The van der Waals surface area contributed by atoms with Crippen molar-refractivity contribution in [3.63, 3.8) is 0 Å². The van der Waals surface area contributed by atoms with Crippen molar-refractivity contribution in [2.45, 2.75) is 26.2 Å². The number of piperazine rings is 1. The summed E-state index contributed by atoms with van der Waals surface area (Å²) < 4.78 is 0. The molecule has 1 saturated carbocycles. The fraction of sp³-hybridized carbons (Fsp3) is 0.526. The Kier molecular flexibility index (Phi) is 5.34. The van der Waals surface area contributed by atoms with Gasteiger partial charge in [0.25, 0.3) is 0 Å². The number of carbonyl (C=O) groups excluding carboxylic acids is 1. The predicted octanol–water partition coefficient (Wildman–Crippen LogP) is 1.67. The van der Waals surface area contributed by atoms with E-state index in [1.165, 1.54) is 0 Å². The normalized spacial score (nSPS) is 17.4. The van der Waals surface area contributed by atoms with Crippen LogP contribution in [0.5, 0.6) is 0 Å². The monoisotopic (exact) mass is 382 g/mol. The molecule has 0 unspecified atom stereocenters. The molecule has 0 bridgehead atoms. The molecule has 2 aromatic heterocycles. The van der Waals surface area contributed by atoms with Gasteiger partial charge in [-0.1, -0.05) is 13.0 Å². The fourth-order valence-electron chi connectivity index (χ4n) is 3.03. The van der Waals surface area contributed by atoms with E-state index in [4.69, 9.17) is 0 Å². The minimum absolute atomic E-state index is 0.0374. The van der Waals surface area contributed by atoms with E-state index in [-0.39, 0.29) is 11.8 Å². The molecular formula is C19H26N8O. The molecule has 2 fully saturated rings. The maximum Gasteiger partial charge on any atom is 0.233 e. The molecule has 2 N–H and O–H groups in total. The Labute approximate surface area is 164 Å². The third kappa shape index (κ3) is 4.53. The molecular weight excluding hydrogens is 356 g/mol. The smallest absolute Gasteiger partial charge is 0.233 e. The summed E-state index contributed by atoms with van der Waals surface area (Å²) in [4.78, 5) is 34.6. The lowest BCUT2D eigenvalue weighted by Crippen LogP contribution is -2.45. The van der Waals surface area contributed by atoms with Crippen LogP contribution in [0.1, 0.15) is 25.6 Å². The van der Waals surface area contributed by atoms with Crippen molar-refractivity contribution in [1.82, 2.24) is 24.8 Å². The number of carbonyl (C=O) groups is 1. The number of nitrogens with zero attached hydrogens (tertiary/aromatic N) is 6. The van der Waals surface area contributed by atoms with Gasteiger partial charge in [0.15, 0.2) is 0 Å². The number of pyridine rings is 1. The average molecular weight is 382 g/mol. The van der Waals surface area contributed by atoms with Crippen molar-refractivity contribution in [2.75, 3.05) is 48.8 Å². The molecule has 4 rings (SSSR count). The van der Waals surface area contributed by atoms with Crippen LogP contribution in [-0.4, -0.2) is 64.0 Å². The Morgan fingerprint density at radius 2 is 1.82 bits per heavy atom. The SMILES string of the molecule is CCc1nc(Nc2cccc(NC(=O)C3CC3)n2)nc(N2CCN(C)CC2)n1. The van der Waals surface area contributed by atoms with Crippen LogP contribution in [0.3, 0.4) is 0 Å². The molecule has 3 heterocycles. The molecule has 1 saturated heterocycles. The summed E-state index contributed by atoms with van der Waals surface area (Å²) in [6.07, 6.45) is 2.65. The number of aryl methyl sites for hydroxylation is 1. The Bertz CT molecular complexity index is 846. The standard InChI is InChI=1S/C19H26N8O/c1-3-14-22-18(25-19(24-14)27-11-9-26(2)10-12-27)23-16-6-4-5-15(20-16)21-17(28)13-7-8-13/h4-6,13H,3,7-12H2,1-2H3,(H2,20,21,22,23,24,25,28). The summed E-state index contributed by atoms with van der Waals surface area (Å²) in [5, 5.41) is 6.03. The molecule has 1 amide bonds. The predicted molar refractivity (Wildman–Crippen MR) is 108 cm³/mol. The summed E-state index contributed by atoms with van der Waals surface area (Å²) in [5.74, 6) is 3.21. The number of hydrogen-bond acceptors (Lipinski definition) is 8. The maximum absolute atomic E-state index is 12.0. The van der Waals surface area contributed by atoms with E-state index in [2.05, 4.69) is 47.4 Å². The van der Waals surface area contributed by atoms with Gasteiger partial charge in [0.2, 0.25) is 17.8 Å². The molecule has 1 aliphatic carbocycles. The molecule has 2 aliphatic rings. The van der Waals surface area contributed by atoms with Crippen molar-refractivity contribution >= 4 is 29.4 Å². The number of hydrogen-bond donors (Lipinski definition) is 2. The van der Waals surface area contributed by atoms with Crippen molar-refractivity contribution < 1.29 is 4.79 Å². The van der Waals surface area contributed by atoms with Crippen LogP contribution in [0.2, 0.25) is 0 Å². The average Bonchev–Trinajstić information content (AvgIpc) is 3.54. The minimum atomic E-state index is 0.0374.